The number of thioether (sulfide) groups is 1. The van der Waals surface area contributed by atoms with E-state index in [2.05, 4.69) is 5.32 Å². The number of hydrogen-bond donors (Lipinski definition) is 2. The molecule has 0 spiro atoms. The van der Waals surface area contributed by atoms with Gasteiger partial charge in [-0.3, -0.25) is 14.4 Å². The number of aliphatic hydroxyl groups is 1. The molecule has 2 N–H and O–H groups in total. The van der Waals surface area contributed by atoms with Gasteiger partial charge in [0.1, 0.15) is 6.17 Å². The molecule has 4 aliphatic rings. The predicted molar refractivity (Wildman–Crippen MR) is 118 cm³/mol. The van der Waals surface area contributed by atoms with E-state index in [0.717, 1.165) is 11.8 Å². The van der Waals surface area contributed by atoms with Crippen molar-refractivity contribution in [1.82, 2.24) is 5.32 Å². The van der Waals surface area contributed by atoms with E-state index in [9.17, 15) is 19.5 Å². The number of fused-ring (bicyclic) bond motifs is 5. The number of hydrogen-bond acceptors (Lipinski definition) is 5. The van der Waals surface area contributed by atoms with Gasteiger partial charge in [0.15, 0.2) is 16.6 Å². The van der Waals surface area contributed by atoms with Gasteiger partial charge >= 0.3 is 0 Å². The lowest BCUT2D eigenvalue weighted by Gasteiger charge is -2.62. The van der Waals surface area contributed by atoms with E-state index < -0.39 is 40.6 Å². The fourth-order valence-corrected chi connectivity index (χ4v) is 8.47. The fraction of sp³-hybridized carbons (Fsp3) is 0.708. The van der Waals surface area contributed by atoms with Gasteiger partial charge in [0.2, 0.25) is 5.91 Å². The number of nitrogens with one attached hydrogen (secondary N) is 1. The highest BCUT2D eigenvalue weighted by Gasteiger charge is 2.73. The van der Waals surface area contributed by atoms with Crippen LogP contribution in [0.4, 0.5) is 8.78 Å². The quantitative estimate of drug-likeness (QED) is 0.666. The monoisotopic (exact) mass is 467 g/mol. The van der Waals surface area contributed by atoms with Crippen LogP contribution < -0.4 is 5.32 Å². The van der Waals surface area contributed by atoms with Crippen molar-refractivity contribution in [2.45, 2.75) is 58.0 Å². The number of halogens is 2. The summed E-state index contributed by atoms with van der Waals surface area (Å²) >= 11 is 0.954. The van der Waals surface area contributed by atoms with Gasteiger partial charge in [0, 0.05) is 24.3 Å². The second-order valence-corrected chi connectivity index (χ2v) is 11.4. The van der Waals surface area contributed by atoms with Gasteiger partial charge < -0.3 is 10.4 Å². The number of amides is 1. The van der Waals surface area contributed by atoms with Crippen LogP contribution in [0, 0.1) is 34.5 Å². The zero-order valence-electron chi connectivity index (χ0n) is 18.9. The van der Waals surface area contributed by atoms with Gasteiger partial charge in [0.25, 0.3) is 0 Å². The van der Waals surface area contributed by atoms with Gasteiger partial charge in [-0.15, -0.1) is 0 Å². The predicted octanol–water partition coefficient (Wildman–Crippen LogP) is 3.17. The van der Waals surface area contributed by atoms with Gasteiger partial charge in [-0.25, -0.2) is 8.78 Å². The minimum atomic E-state index is -2.13. The van der Waals surface area contributed by atoms with E-state index in [4.69, 9.17) is 0 Å². The molecular formula is C24H31F2NO4S. The first kappa shape index (κ1) is 23.6. The Labute approximate surface area is 191 Å². The maximum absolute atomic E-state index is 17.0. The summed E-state index contributed by atoms with van der Waals surface area (Å²) in [5, 5.41) is 13.6. The van der Waals surface area contributed by atoms with Crippen molar-refractivity contribution in [3.8, 4) is 0 Å². The molecule has 0 aromatic rings. The van der Waals surface area contributed by atoms with Crippen LogP contribution in [-0.2, 0) is 14.4 Å². The molecule has 4 aliphatic carbocycles. The number of aliphatic hydroxyl groups excluding tert-OH is 1. The van der Waals surface area contributed by atoms with E-state index >= 15 is 8.78 Å². The van der Waals surface area contributed by atoms with Gasteiger partial charge in [-0.1, -0.05) is 31.7 Å². The smallest absolute Gasteiger partial charge is 0.230 e. The maximum atomic E-state index is 17.0. The first-order valence-corrected chi connectivity index (χ1v) is 12.2. The first-order valence-electron chi connectivity index (χ1n) is 11.2. The lowest BCUT2D eigenvalue weighted by molar-refractivity contribution is -0.201. The Morgan fingerprint density at radius 2 is 1.97 bits per heavy atom. The molecule has 9 atom stereocenters. The third kappa shape index (κ3) is 3.08. The SMILES string of the molecule is CNC(=O)CSC(=O)C1[C@H](C)CC2C3C[C@H](F)C4=CC(=O)C=CC4(C)[C@@]3(F)C(O)CC21C. The topological polar surface area (TPSA) is 83.5 Å². The van der Waals surface area contributed by atoms with E-state index in [1.807, 2.05) is 13.8 Å². The van der Waals surface area contributed by atoms with Crippen molar-refractivity contribution in [2.75, 3.05) is 12.8 Å². The molecule has 0 heterocycles. The second-order valence-electron chi connectivity index (χ2n) is 10.4. The number of carbonyl (C=O) groups excluding carboxylic acids is 3. The van der Waals surface area contributed by atoms with Crippen LogP contribution in [0.15, 0.2) is 23.8 Å². The van der Waals surface area contributed by atoms with Crippen LogP contribution in [0.3, 0.4) is 0 Å². The molecule has 3 fully saturated rings. The van der Waals surface area contributed by atoms with Crippen LogP contribution in [0.1, 0.15) is 40.0 Å². The molecule has 0 saturated heterocycles. The summed E-state index contributed by atoms with van der Waals surface area (Å²) in [7, 11) is 1.51. The summed E-state index contributed by atoms with van der Waals surface area (Å²) in [5.74, 6) is -2.21. The molecule has 8 heteroatoms. The van der Waals surface area contributed by atoms with E-state index in [-0.39, 0.29) is 52.8 Å². The van der Waals surface area contributed by atoms with E-state index in [1.165, 1.54) is 25.3 Å². The molecule has 0 bridgehead atoms. The van der Waals surface area contributed by atoms with Gasteiger partial charge in [0.05, 0.1) is 11.9 Å². The molecule has 5 nitrogen and oxygen atoms in total. The minimum Gasteiger partial charge on any atom is -0.390 e. The molecule has 6 unspecified atom stereocenters. The van der Waals surface area contributed by atoms with Crippen molar-refractivity contribution in [1.29, 1.82) is 0 Å². The molecule has 0 aromatic carbocycles. The second kappa shape index (κ2) is 7.76. The molecule has 4 rings (SSSR count). The highest BCUT2D eigenvalue weighted by atomic mass is 32.2. The average molecular weight is 468 g/mol. The molecule has 0 aliphatic heterocycles. The fourth-order valence-electron chi connectivity index (χ4n) is 7.37. The molecular weight excluding hydrogens is 436 g/mol. The summed E-state index contributed by atoms with van der Waals surface area (Å²) in [6, 6.07) is 0. The number of rotatable bonds is 3. The van der Waals surface area contributed by atoms with Crippen LogP contribution in [-0.4, -0.2) is 52.7 Å². The Morgan fingerprint density at radius 3 is 2.62 bits per heavy atom. The van der Waals surface area contributed by atoms with E-state index in [1.54, 1.807) is 6.92 Å². The summed E-state index contributed by atoms with van der Waals surface area (Å²) in [4.78, 5) is 36.7. The van der Waals surface area contributed by atoms with Crippen LogP contribution >= 0.6 is 11.8 Å². The molecule has 176 valence electrons. The summed E-state index contributed by atoms with van der Waals surface area (Å²) in [6.45, 7) is 5.43. The zero-order valence-corrected chi connectivity index (χ0v) is 19.7. The third-order valence-electron chi connectivity index (χ3n) is 8.85. The normalized spacial score (nSPS) is 47.2. The van der Waals surface area contributed by atoms with Crippen molar-refractivity contribution in [3.63, 3.8) is 0 Å². The molecule has 0 radical (unpaired) electrons. The third-order valence-corrected chi connectivity index (χ3v) is 9.79. The Morgan fingerprint density at radius 1 is 1.28 bits per heavy atom. The average Bonchev–Trinajstić information content (AvgIpc) is 2.99. The summed E-state index contributed by atoms with van der Waals surface area (Å²) in [5.41, 5.74) is -4.14. The molecule has 1 amide bonds. The largest absolute Gasteiger partial charge is 0.390 e. The number of allylic oxidation sites excluding steroid dienone is 4. The number of alkyl halides is 2. The van der Waals surface area contributed by atoms with Crippen molar-refractivity contribution in [2.24, 2.45) is 34.5 Å². The maximum Gasteiger partial charge on any atom is 0.230 e. The highest BCUT2D eigenvalue weighted by molar-refractivity contribution is 8.14. The summed E-state index contributed by atoms with van der Waals surface area (Å²) in [6.07, 6.45) is 1.50. The van der Waals surface area contributed by atoms with Gasteiger partial charge in [-0.2, -0.15) is 0 Å². The lowest BCUT2D eigenvalue weighted by Crippen LogP contribution is -2.68. The van der Waals surface area contributed by atoms with Crippen LogP contribution in [0.5, 0.6) is 0 Å². The summed E-state index contributed by atoms with van der Waals surface area (Å²) < 4.78 is 32.4. The lowest BCUT2D eigenvalue weighted by atomic mass is 9.45. The van der Waals surface area contributed by atoms with Crippen LogP contribution in [0.25, 0.3) is 0 Å². The Bertz CT molecular complexity index is 922. The number of carbonyl (C=O) groups is 3. The van der Waals surface area contributed by atoms with Crippen molar-refractivity contribution >= 4 is 28.6 Å². The highest BCUT2D eigenvalue weighted by Crippen LogP contribution is 2.70. The Hall–Kier alpha value is -1.54. The Kier molecular flexibility index (Phi) is 5.72. The zero-order chi connectivity index (χ0) is 23.6. The van der Waals surface area contributed by atoms with Crippen molar-refractivity contribution < 1.29 is 28.3 Å². The van der Waals surface area contributed by atoms with Crippen molar-refractivity contribution in [3.05, 3.63) is 23.8 Å². The Balaban J connectivity index is 1.71. The molecule has 0 aromatic heterocycles. The molecule has 32 heavy (non-hydrogen) atoms. The first-order chi connectivity index (χ1) is 14.9. The standard InChI is InChI=1S/C24H31F2NO4S/c1-12-7-14-15-9-17(25)16-8-13(28)5-6-23(16,3)24(15,26)18(29)10-22(14,2)20(12)21(31)32-11-19(30)27-4/h5-6,8,12,14-15,17-18,20,29H,7,9-11H2,1-4H3,(H,27,30)/t12-,14?,15?,17+,18?,20?,22?,23?,24+/m1/s1. The minimum absolute atomic E-state index is 0.00986. The van der Waals surface area contributed by atoms with Gasteiger partial charge in [-0.05, 0) is 61.2 Å². The number of ketones is 1. The van der Waals surface area contributed by atoms with Crippen LogP contribution in [0.2, 0.25) is 0 Å². The van der Waals surface area contributed by atoms with E-state index in [0.29, 0.717) is 6.42 Å². The molecule has 3 saturated carbocycles.